The molecule has 1 N–H and O–H groups in total. The zero-order valence-corrected chi connectivity index (χ0v) is 14.4. The predicted octanol–water partition coefficient (Wildman–Crippen LogP) is 3.16. The highest BCUT2D eigenvalue weighted by atomic mass is 16.5. The lowest BCUT2D eigenvalue weighted by molar-refractivity contribution is -0.117. The zero-order chi connectivity index (χ0) is 17.4. The standard InChI is InChI=1S/C19H24N2O3/c1-4-24-17-10-8-16(9-11-17)20-19(22)14-21(2)13-15-6-5-7-18(12-15)23-3/h5-12H,4,13-14H2,1-3H3,(H,20,22). The molecule has 0 fully saturated rings. The Morgan fingerprint density at radius 1 is 1.12 bits per heavy atom. The number of carbonyl (C=O) groups excluding carboxylic acids is 1. The van der Waals surface area contributed by atoms with E-state index in [9.17, 15) is 4.79 Å². The quantitative estimate of drug-likeness (QED) is 0.809. The van der Waals surface area contributed by atoms with Gasteiger partial charge in [0.05, 0.1) is 20.3 Å². The van der Waals surface area contributed by atoms with Crippen LogP contribution in [0.4, 0.5) is 5.69 Å². The van der Waals surface area contributed by atoms with Crippen LogP contribution >= 0.6 is 0 Å². The number of likely N-dealkylation sites (N-methyl/N-ethyl adjacent to an activating group) is 1. The van der Waals surface area contributed by atoms with Crippen LogP contribution in [0, 0.1) is 0 Å². The topological polar surface area (TPSA) is 50.8 Å². The van der Waals surface area contributed by atoms with E-state index in [0.29, 0.717) is 19.7 Å². The number of methoxy groups -OCH3 is 1. The van der Waals surface area contributed by atoms with Gasteiger partial charge in [-0.3, -0.25) is 9.69 Å². The van der Waals surface area contributed by atoms with Crippen LogP contribution in [0.1, 0.15) is 12.5 Å². The van der Waals surface area contributed by atoms with Crippen molar-refractivity contribution >= 4 is 11.6 Å². The number of benzene rings is 2. The van der Waals surface area contributed by atoms with E-state index in [4.69, 9.17) is 9.47 Å². The van der Waals surface area contributed by atoms with Crippen LogP contribution in [0.15, 0.2) is 48.5 Å². The molecule has 2 rings (SSSR count). The Hall–Kier alpha value is -2.53. The van der Waals surface area contributed by atoms with Gasteiger partial charge in [-0.25, -0.2) is 0 Å². The van der Waals surface area contributed by atoms with Gasteiger partial charge < -0.3 is 14.8 Å². The van der Waals surface area contributed by atoms with Gasteiger partial charge in [0.15, 0.2) is 0 Å². The van der Waals surface area contributed by atoms with Gasteiger partial charge in [-0.1, -0.05) is 12.1 Å². The van der Waals surface area contributed by atoms with E-state index in [-0.39, 0.29) is 5.91 Å². The van der Waals surface area contributed by atoms with Gasteiger partial charge in [-0.05, 0) is 55.9 Å². The van der Waals surface area contributed by atoms with E-state index in [1.165, 1.54) is 0 Å². The van der Waals surface area contributed by atoms with Crippen molar-refractivity contribution in [2.75, 3.05) is 32.6 Å². The Labute approximate surface area is 143 Å². The van der Waals surface area contributed by atoms with E-state index in [1.54, 1.807) is 7.11 Å². The molecule has 0 unspecified atom stereocenters. The van der Waals surface area contributed by atoms with Crippen molar-refractivity contribution in [3.63, 3.8) is 0 Å². The van der Waals surface area contributed by atoms with Crippen molar-refractivity contribution in [1.29, 1.82) is 0 Å². The van der Waals surface area contributed by atoms with Crippen molar-refractivity contribution in [3.05, 3.63) is 54.1 Å². The third kappa shape index (κ3) is 5.59. The second kappa shape index (κ2) is 8.93. The summed E-state index contributed by atoms with van der Waals surface area (Å²) in [5.41, 5.74) is 1.86. The molecule has 2 aromatic carbocycles. The van der Waals surface area contributed by atoms with E-state index in [1.807, 2.05) is 67.4 Å². The van der Waals surface area contributed by atoms with Crippen LogP contribution in [0.3, 0.4) is 0 Å². The maximum Gasteiger partial charge on any atom is 0.238 e. The fourth-order valence-electron chi connectivity index (χ4n) is 2.39. The first-order chi connectivity index (χ1) is 11.6. The molecular weight excluding hydrogens is 304 g/mol. The smallest absolute Gasteiger partial charge is 0.238 e. The van der Waals surface area contributed by atoms with Crippen molar-refractivity contribution in [1.82, 2.24) is 4.90 Å². The highest BCUT2D eigenvalue weighted by Gasteiger charge is 2.08. The summed E-state index contributed by atoms with van der Waals surface area (Å²) in [7, 11) is 3.56. The molecule has 5 nitrogen and oxygen atoms in total. The molecule has 0 atom stereocenters. The van der Waals surface area contributed by atoms with Crippen molar-refractivity contribution in [2.45, 2.75) is 13.5 Å². The van der Waals surface area contributed by atoms with Crippen molar-refractivity contribution in [2.24, 2.45) is 0 Å². The number of rotatable bonds is 8. The summed E-state index contributed by atoms with van der Waals surface area (Å²) >= 11 is 0. The van der Waals surface area contributed by atoms with Gasteiger partial charge >= 0.3 is 0 Å². The number of carbonyl (C=O) groups is 1. The van der Waals surface area contributed by atoms with Crippen molar-refractivity contribution in [3.8, 4) is 11.5 Å². The molecule has 2 aromatic rings. The Bertz CT molecular complexity index is 656. The van der Waals surface area contributed by atoms with E-state index in [0.717, 1.165) is 22.7 Å². The third-order valence-electron chi connectivity index (χ3n) is 3.45. The highest BCUT2D eigenvalue weighted by Crippen LogP contribution is 2.16. The van der Waals surface area contributed by atoms with E-state index >= 15 is 0 Å². The minimum Gasteiger partial charge on any atom is -0.497 e. The maximum absolute atomic E-state index is 12.1. The number of amides is 1. The minimum absolute atomic E-state index is 0.0513. The summed E-state index contributed by atoms with van der Waals surface area (Å²) in [5, 5.41) is 2.89. The summed E-state index contributed by atoms with van der Waals surface area (Å²) in [5.74, 6) is 1.56. The summed E-state index contributed by atoms with van der Waals surface area (Å²) in [6, 6.07) is 15.2. The van der Waals surface area contributed by atoms with E-state index in [2.05, 4.69) is 5.32 Å². The summed E-state index contributed by atoms with van der Waals surface area (Å²) in [4.78, 5) is 14.1. The number of hydrogen-bond acceptors (Lipinski definition) is 4. The molecule has 0 saturated carbocycles. The second-order valence-electron chi connectivity index (χ2n) is 5.53. The van der Waals surface area contributed by atoms with Gasteiger partial charge in [-0.2, -0.15) is 0 Å². The molecule has 0 saturated heterocycles. The number of nitrogens with one attached hydrogen (secondary N) is 1. The molecule has 0 aromatic heterocycles. The average molecular weight is 328 g/mol. The second-order valence-corrected chi connectivity index (χ2v) is 5.53. The van der Waals surface area contributed by atoms with Crippen LogP contribution in [-0.4, -0.2) is 38.1 Å². The third-order valence-corrected chi connectivity index (χ3v) is 3.45. The van der Waals surface area contributed by atoms with Crippen LogP contribution in [0.25, 0.3) is 0 Å². The summed E-state index contributed by atoms with van der Waals surface area (Å²) in [6.07, 6.45) is 0. The lowest BCUT2D eigenvalue weighted by atomic mass is 10.2. The lowest BCUT2D eigenvalue weighted by Gasteiger charge is -2.17. The largest absolute Gasteiger partial charge is 0.497 e. The Balaban J connectivity index is 1.84. The van der Waals surface area contributed by atoms with Crippen molar-refractivity contribution < 1.29 is 14.3 Å². The number of anilines is 1. The van der Waals surface area contributed by atoms with Crippen LogP contribution in [-0.2, 0) is 11.3 Å². The molecule has 0 aliphatic rings. The van der Waals surface area contributed by atoms with Crippen LogP contribution in [0.5, 0.6) is 11.5 Å². The predicted molar refractivity (Wildman–Crippen MR) is 95.6 cm³/mol. The minimum atomic E-state index is -0.0513. The molecule has 0 heterocycles. The monoisotopic (exact) mass is 328 g/mol. The van der Waals surface area contributed by atoms with Crippen LogP contribution in [0.2, 0.25) is 0 Å². The number of nitrogens with zero attached hydrogens (tertiary/aromatic N) is 1. The van der Waals surface area contributed by atoms with Gasteiger partial charge in [0.25, 0.3) is 0 Å². The maximum atomic E-state index is 12.1. The average Bonchev–Trinajstić information content (AvgIpc) is 2.57. The lowest BCUT2D eigenvalue weighted by Crippen LogP contribution is -2.29. The van der Waals surface area contributed by atoms with Gasteiger partial charge in [0, 0.05) is 12.2 Å². The molecule has 5 heteroatoms. The molecule has 128 valence electrons. The molecule has 0 spiro atoms. The fourth-order valence-corrected chi connectivity index (χ4v) is 2.39. The zero-order valence-electron chi connectivity index (χ0n) is 14.4. The van der Waals surface area contributed by atoms with Gasteiger partial charge in [-0.15, -0.1) is 0 Å². The van der Waals surface area contributed by atoms with Gasteiger partial charge in [0.1, 0.15) is 11.5 Å². The van der Waals surface area contributed by atoms with Crippen LogP contribution < -0.4 is 14.8 Å². The highest BCUT2D eigenvalue weighted by molar-refractivity contribution is 5.92. The normalized spacial score (nSPS) is 10.5. The summed E-state index contributed by atoms with van der Waals surface area (Å²) < 4.78 is 10.6. The van der Waals surface area contributed by atoms with E-state index < -0.39 is 0 Å². The molecule has 0 aliphatic carbocycles. The molecule has 1 amide bonds. The Morgan fingerprint density at radius 3 is 2.54 bits per heavy atom. The first kappa shape index (κ1) is 17.8. The molecule has 24 heavy (non-hydrogen) atoms. The molecule has 0 bridgehead atoms. The fraction of sp³-hybridized carbons (Fsp3) is 0.316. The molecule has 0 aliphatic heterocycles. The Morgan fingerprint density at radius 2 is 1.88 bits per heavy atom. The SMILES string of the molecule is CCOc1ccc(NC(=O)CN(C)Cc2cccc(OC)c2)cc1. The first-order valence-electron chi connectivity index (χ1n) is 7.95. The molecular formula is C19H24N2O3. The molecule has 0 radical (unpaired) electrons. The summed E-state index contributed by atoms with van der Waals surface area (Å²) in [6.45, 7) is 3.55. The number of hydrogen-bond donors (Lipinski definition) is 1. The van der Waals surface area contributed by atoms with Gasteiger partial charge in [0.2, 0.25) is 5.91 Å². The Kier molecular flexibility index (Phi) is 6.63. The number of ether oxygens (including phenoxy) is 2. The first-order valence-corrected chi connectivity index (χ1v) is 7.95.